The third-order valence-corrected chi connectivity index (χ3v) is 4.96. The van der Waals surface area contributed by atoms with Crippen molar-refractivity contribution in [2.24, 2.45) is 0 Å². The SMILES string of the molecule is O=C(Nc1ccc(C(F)(F)F)cc1)NC1CCN(c2ccnc3ccccc23)C1. The Morgan fingerprint density at radius 2 is 1.83 bits per heavy atom. The maximum Gasteiger partial charge on any atom is 0.416 e. The Labute approximate surface area is 165 Å². The van der Waals surface area contributed by atoms with Crippen molar-refractivity contribution in [3.8, 4) is 0 Å². The first-order valence-corrected chi connectivity index (χ1v) is 9.23. The van der Waals surface area contributed by atoms with E-state index in [4.69, 9.17) is 0 Å². The number of halogens is 3. The smallest absolute Gasteiger partial charge is 0.369 e. The first-order chi connectivity index (χ1) is 13.9. The Morgan fingerprint density at radius 1 is 1.07 bits per heavy atom. The van der Waals surface area contributed by atoms with Gasteiger partial charge in [0, 0.05) is 42.1 Å². The number of rotatable bonds is 3. The predicted molar refractivity (Wildman–Crippen MR) is 106 cm³/mol. The summed E-state index contributed by atoms with van der Waals surface area (Å²) in [6, 6.07) is 13.7. The zero-order valence-corrected chi connectivity index (χ0v) is 15.4. The maximum absolute atomic E-state index is 12.6. The average molecular weight is 400 g/mol. The lowest BCUT2D eigenvalue weighted by Gasteiger charge is -2.21. The molecule has 1 fully saturated rings. The molecular weight excluding hydrogens is 381 g/mol. The molecule has 1 atom stereocenters. The van der Waals surface area contributed by atoms with Crippen molar-refractivity contribution in [1.82, 2.24) is 10.3 Å². The Kier molecular flexibility index (Phi) is 5.00. The highest BCUT2D eigenvalue weighted by molar-refractivity contribution is 5.92. The van der Waals surface area contributed by atoms with E-state index in [-0.39, 0.29) is 6.04 Å². The molecule has 0 aliphatic carbocycles. The highest BCUT2D eigenvalue weighted by Gasteiger charge is 2.30. The minimum Gasteiger partial charge on any atom is -0.369 e. The van der Waals surface area contributed by atoms with Crippen LogP contribution in [-0.2, 0) is 6.18 Å². The van der Waals surface area contributed by atoms with Crippen LogP contribution in [0.4, 0.5) is 29.3 Å². The molecule has 0 spiro atoms. The fourth-order valence-electron chi connectivity index (χ4n) is 3.55. The molecular formula is C21H19F3N4O. The monoisotopic (exact) mass is 400 g/mol. The first-order valence-electron chi connectivity index (χ1n) is 9.23. The number of alkyl halides is 3. The molecule has 3 aromatic rings. The number of hydrogen-bond donors (Lipinski definition) is 2. The van der Waals surface area contributed by atoms with Gasteiger partial charge in [0.2, 0.25) is 0 Å². The van der Waals surface area contributed by atoms with E-state index >= 15 is 0 Å². The molecule has 1 unspecified atom stereocenters. The van der Waals surface area contributed by atoms with Crippen molar-refractivity contribution in [2.45, 2.75) is 18.6 Å². The summed E-state index contributed by atoms with van der Waals surface area (Å²) in [5.74, 6) is 0. The molecule has 4 rings (SSSR count). The van der Waals surface area contributed by atoms with Gasteiger partial charge in [-0.15, -0.1) is 0 Å². The van der Waals surface area contributed by atoms with Gasteiger partial charge in [-0.25, -0.2) is 4.79 Å². The number of amides is 2. The number of carbonyl (C=O) groups is 1. The molecule has 150 valence electrons. The molecule has 8 heteroatoms. The van der Waals surface area contributed by atoms with Crippen LogP contribution in [0.3, 0.4) is 0 Å². The molecule has 1 aromatic heterocycles. The van der Waals surface area contributed by atoms with Crippen molar-refractivity contribution in [3.63, 3.8) is 0 Å². The van der Waals surface area contributed by atoms with Gasteiger partial charge >= 0.3 is 12.2 Å². The predicted octanol–water partition coefficient (Wildman–Crippen LogP) is 4.65. The number of benzene rings is 2. The van der Waals surface area contributed by atoms with Crippen LogP contribution < -0.4 is 15.5 Å². The van der Waals surface area contributed by atoms with Gasteiger partial charge in [-0.05, 0) is 42.8 Å². The fourth-order valence-corrected chi connectivity index (χ4v) is 3.55. The number of carbonyl (C=O) groups excluding carboxylic acids is 1. The molecule has 2 amide bonds. The molecule has 1 aliphatic heterocycles. The third kappa shape index (κ3) is 4.26. The van der Waals surface area contributed by atoms with Crippen molar-refractivity contribution in [2.75, 3.05) is 23.3 Å². The van der Waals surface area contributed by atoms with E-state index in [2.05, 4.69) is 20.5 Å². The minimum atomic E-state index is -4.40. The van der Waals surface area contributed by atoms with E-state index < -0.39 is 17.8 Å². The number of hydrogen-bond acceptors (Lipinski definition) is 3. The summed E-state index contributed by atoms with van der Waals surface area (Å²) in [5, 5.41) is 6.54. The quantitative estimate of drug-likeness (QED) is 0.673. The van der Waals surface area contributed by atoms with E-state index in [0.29, 0.717) is 12.2 Å². The van der Waals surface area contributed by atoms with Crippen LogP contribution in [0.25, 0.3) is 10.9 Å². The van der Waals surface area contributed by atoms with Crippen molar-refractivity contribution >= 4 is 28.3 Å². The zero-order valence-electron chi connectivity index (χ0n) is 15.4. The van der Waals surface area contributed by atoms with Crippen molar-refractivity contribution in [3.05, 3.63) is 66.4 Å². The number of pyridine rings is 1. The Bertz CT molecular complexity index is 1020. The van der Waals surface area contributed by atoms with Crippen LogP contribution in [0.5, 0.6) is 0 Å². The summed E-state index contributed by atoms with van der Waals surface area (Å²) >= 11 is 0. The van der Waals surface area contributed by atoms with Crippen LogP contribution in [0.2, 0.25) is 0 Å². The molecule has 5 nitrogen and oxygen atoms in total. The van der Waals surface area contributed by atoms with Crippen LogP contribution in [0.1, 0.15) is 12.0 Å². The number of nitrogens with zero attached hydrogens (tertiary/aromatic N) is 2. The summed E-state index contributed by atoms with van der Waals surface area (Å²) in [6.45, 7) is 1.44. The Hall–Kier alpha value is -3.29. The largest absolute Gasteiger partial charge is 0.416 e. The maximum atomic E-state index is 12.6. The van der Waals surface area contributed by atoms with E-state index in [1.807, 2.05) is 30.3 Å². The van der Waals surface area contributed by atoms with E-state index in [9.17, 15) is 18.0 Å². The van der Waals surface area contributed by atoms with E-state index in [1.165, 1.54) is 12.1 Å². The topological polar surface area (TPSA) is 57.3 Å². The number of urea groups is 1. The molecule has 0 saturated carbocycles. The van der Waals surface area contributed by atoms with Crippen LogP contribution in [0.15, 0.2) is 60.8 Å². The number of aromatic nitrogens is 1. The first kappa shape index (κ1) is 19.0. The number of fused-ring (bicyclic) bond motifs is 1. The summed E-state index contributed by atoms with van der Waals surface area (Å²) < 4.78 is 37.9. The van der Waals surface area contributed by atoms with Gasteiger partial charge in [-0.1, -0.05) is 18.2 Å². The standard InChI is InChI=1S/C21H19F3N4O/c22-21(23,24)14-5-7-15(8-6-14)26-20(29)27-16-10-12-28(13-16)19-9-11-25-18-4-2-1-3-17(18)19/h1-9,11,16H,10,12-13H2,(H2,26,27,29). The van der Waals surface area contributed by atoms with Gasteiger partial charge in [0.1, 0.15) is 0 Å². The third-order valence-electron chi connectivity index (χ3n) is 4.96. The zero-order chi connectivity index (χ0) is 20.4. The van der Waals surface area contributed by atoms with Crippen LogP contribution >= 0.6 is 0 Å². The minimum absolute atomic E-state index is 0.0589. The molecule has 2 N–H and O–H groups in total. The summed E-state index contributed by atoms with van der Waals surface area (Å²) in [7, 11) is 0. The lowest BCUT2D eigenvalue weighted by Crippen LogP contribution is -2.39. The number of nitrogens with one attached hydrogen (secondary N) is 2. The van der Waals surface area contributed by atoms with Gasteiger partial charge in [0.05, 0.1) is 11.1 Å². The second-order valence-corrected chi connectivity index (χ2v) is 6.95. The van der Waals surface area contributed by atoms with E-state index in [0.717, 1.165) is 41.7 Å². The molecule has 2 aromatic carbocycles. The van der Waals surface area contributed by atoms with Crippen molar-refractivity contribution in [1.29, 1.82) is 0 Å². The highest BCUT2D eigenvalue weighted by Crippen LogP contribution is 2.30. The second-order valence-electron chi connectivity index (χ2n) is 6.95. The normalized spacial score (nSPS) is 16.8. The van der Waals surface area contributed by atoms with Crippen LogP contribution in [-0.4, -0.2) is 30.1 Å². The molecule has 1 aliphatic rings. The summed E-state index contributed by atoms with van der Waals surface area (Å²) in [4.78, 5) is 18.8. The lowest BCUT2D eigenvalue weighted by atomic mass is 10.2. The van der Waals surface area contributed by atoms with Crippen molar-refractivity contribution < 1.29 is 18.0 Å². The van der Waals surface area contributed by atoms with Gasteiger partial charge in [0.25, 0.3) is 0 Å². The summed E-state index contributed by atoms with van der Waals surface area (Å²) in [6.07, 6.45) is -1.85. The second kappa shape index (κ2) is 7.62. The fraction of sp³-hybridized carbons (Fsp3) is 0.238. The Balaban J connectivity index is 1.37. The van der Waals surface area contributed by atoms with Gasteiger partial charge in [0.15, 0.2) is 0 Å². The number of para-hydroxylation sites is 1. The lowest BCUT2D eigenvalue weighted by molar-refractivity contribution is -0.137. The average Bonchev–Trinajstić information content (AvgIpc) is 3.15. The highest BCUT2D eigenvalue weighted by atomic mass is 19.4. The Morgan fingerprint density at radius 3 is 2.59 bits per heavy atom. The van der Waals surface area contributed by atoms with Gasteiger partial charge in [-0.2, -0.15) is 13.2 Å². The molecule has 0 bridgehead atoms. The molecule has 2 heterocycles. The van der Waals surface area contributed by atoms with Crippen LogP contribution in [0, 0.1) is 0 Å². The molecule has 0 radical (unpaired) electrons. The molecule has 29 heavy (non-hydrogen) atoms. The van der Waals surface area contributed by atoms with Gasteiger partial charge in [-0.3, -0.25) is 4.98 Å². The number of anilines is 2. The van der Waals surface area contributed by atoms with E-state index in [1.54, 1.807) is 6.20 Å². The molecule has 1 saturated heterocycles. The summed E-state index contributed by atoms with van der Waals surface area (Å²) in [5.41, 5.74) is 1.55. The van der Waals surface area contributed by atoms with Gasteiger partial charge < -0.3 is 15.5 Å².